The summed E-state index contributed by atoms with van der Waals surface area (Å²) in [5.41, 5.74) is 5.44. The van der Waals surface area contributed by atoms with Gasteiger partial charge in [-0.2, -0.15) is 0 Å². The molecule has 0 amide bonds. The summed E-state index contributed by atoms with van der Waals surface area (Å²) < 4.78 is 0. The van der Waals surface area contributed by atoms with Gasteiger partial charge in [-0.05, 0) is 36.0 Å². The first-order chi connectivity index (χ1) is 9.18. The van der Waals surface area contributed by atoms with Crippen LogP contribution in [0.2, 0.25) is 0 Å². The van der Waals surface area contributed by atoms with Crippen LogP contribution < -0.4 is 5.32 Å². The zero-order chi connectivity index (χ0) is 13.7. The van der Waals surface area contributed by atoms with Crippen LogP contribution in [0.5, 0.6) is 0 Å². The van der Waals surface area contributed by atoms with Crippen LogP contribution in [0.25, 0.3) is 0 Å². The molecule has 0 fully saturated rings. The third-order valence-electron chi connectivity index (χ3n) is 3.49. The van der Waals surface area contributed by atoms with Crippen molar-refractivity contribution in [3.63, 3.8) is 0 Å². The summed E-state index contributed by atoms with van der Waals surface area (Å²) in [5, 5.41) is 3.61. The molecule has 0 saturated heterocycles. The fourth-order valence-corrected chi connectivity index (χ4v) is 2.39. The summed E-state index contributed by atoms with van der Waals surface area (Å²) in [6.07, 6.45) is 1.06. The second kappa shape index (κ2) is 6.42. The molecule has 0 radical (unpaired) electrons. The Kier molecular flexibility index (Phi) is 4.62. The van der Waals surface area contributed by atoms with Crippen molar-refractivity contribution in [1.82, 2.24) is 0 Å². The van der Waals surface area contributed by atoms with Gasteiger partial charge in [0.2, 0.25) is 0 Å². The predicted octanol–water partition coefficient (Wildman–Crippen LogP) is 4.77. The van der Waals surface area contributed by atoms with Crippen molar-refractivity contribution < 1.29 is 0 Å². The Morgan fingerprint density at radius 2 is 1.68 bits per heavy atom. The lowest BCUT2D eigenvalue weighted by Crippen LogP contribution is -2.09. The molecule has 0 aliphatic heterocycles. The van der Waals surface area contributed by atoms with Gasteiger partial charge >= 0.3 is 0 Å². The molecular weight excluding hydrogens is 230 g/mol. The molecule has 1 heteroatoms. The standard InChI is InChI=1S/C18H23N/c1-14(2)17-11-7-8-15(3)18(17)19-13-12-16-9-5-4-6-10-16/h4-11,14,19H,12-13H2,1-3H3. The largest absolute Gasteiger partial charge is 0.384 e. The molecule has 19 heavy (non-hydrogen) atoms. The van der Waals surface area contributed by atoms with E-state index in [0.717, 1.165) is 13.0 Å². The third kappa shape index (κ3) is 3.60. The van der Waals surface area contributed by atoms with E-state index in [1.54, 1.807) is 0 Å². The minimum Gasteiger partial charge on any atom is -0.384 e. The Labute approximate surface area is 116 Å². The number of benzene rings is 2. The molecule has 0 heterocycles. The van der Waals surface area contributed by atoms with Gasteiger partial charge in [0.25, 0.3) is 0 Å². The first-order valence-electron chi connectivity index (χ1n) is 7.06. The highest BCUT2D eigenvalue weighted by Gasteiger charge is 2.08. The SMILES string of the molecule is Cc1cccc(C(C)C)c1NCCc1ccccc1. The van der Waals surface area contributed by atoms with E-state index in [0.29, 0.717) is 5.92 Å². The Bertz CT molecular complexity index is 514. The van der Waals surface area contributed by atoms with Crippen molar-refractivity contribution in [3.8, 4) is 0 Å². The lowest BCUT2D eigenvalue weighted by atomic mass is 9.98. The van der Waals surface area contributed by atoms with Crippen LogP contribution in [0.15, 0.2) is 48.5 Å². The number of para-hydroxylation sites is 1. The summed E-state index contributed by atoms with van der Waals surface area (Å²) in [7, 11) is 0. The number of hydrogen-bond donors (Lipinski definition) is 1. The molecule has 0 atom stereocenters. The predicted molar refractivity (Wildman–Crippen MR) is 83.9 cm³/mol. The molecule has 2 aromatic rings. The molecule has 1 N–H and O–H groups in total. The lowest BCUT2D eigenvalue weighted by Gasteiger charge is -2.17. The van der Waals surface area contributed by atoms with Crippen LogP contribution in [0.1, 0.15) is 36.5 Å². The number of aryl methyl sites for hydroxylation is 1. The Morgan fingerprint density at radius 1 is 0.947 bits per heavy atom. The fourth-order valence-electron chi connectivity index (χ4n) is 2.39. The van der Waals surface area contributed by atoms with Crippen molar-refractivity contribution in [2.75, 3.05) is 11.9 Å². The van der Waals surface area contributed by atoms with Gasteiger partial charge in [-0.3, -0.25) is 0 Å². The molecule has 1 nitrogen and oxygen atoms in total. The van der Waals surface area contributed by atoms with Gasteiger partial charge in [-0.25, -0.2) is 0 Å². The summed E-state index contributed by atoms with van der Waals surface area (Å²) in [6.45, 7) is 7.65. The zero-order valence-corrected chi connectivity index (χ0v) is 12.1. The first kappa shape index (κ1) is 13.7. The first-order valence-corrected chi connectivity index (χ1v) is 7.06. The summed E-state index contributed by atoms with van der Waals surface area (Å²) in [5.74, 6) is 0.555. The highest BCUT2D eigenvalue weighted by molar-refractivity contribution is 5.58. The summed E-state index contributed by atoms with van der Waals surface area (Å²) in [6, 6.07) is 17.2. The zero-order valence-electron chi connectivity index (χ0n) is 12.1. The van der Waals surface area contributed by atoms with E-state index in [1.807, 2.05) is 0 Å². The number of rotatable bonds is 5. The normalized spacial score (nSPS) is 10.7. The van der Waals surface area contributed by atoms with Crippen molar-refractivity contribution in [3.05, 3.63) is 65.2 Å². The Balaban J connectivity index is 2.03. The van der Waals surface area contributed by atoms with E-state index in [-0.39, 0.29) is 0 Å². The monoisotopic (exact) mass is 253 g/mol. The summed E-state index contributed by atoms with van der Waals surface area (Å²) in [4.78, 5) is 0. The van der Waals surface area contributed by atoms with Crippen LogP contribution in [-0.4, -0.2) is 6.54 Å². The van der Waals surface area contributed by atoms with Crippen molar-refractivity contribution >= 4 is 5.69 Å². The number of nitrogens with one attached hydrogen (secondary N) is 1. The lowest BCUT2D eigenvalue weighted by molar-refractivity contribution is 0.862. The fraction of sp³-hybridized carbons (Fsp3) is 0.333. The molecule has 0 unspecified atom stereocenters. The topological polar surface area (TPSA) is 12.0 Å². The average Bonchev–Trinajstić information content (AvgIpc) is 2.41. The molecule has 0 saturated carbocycles. The second-order valence-corrected chi connectivity index (χ2v) is 5.36. The van der Waals surface area contributed by atoms with E-state index in [2.05, 4.69) is 74.6 Å². The van der Waals surface area contributed by atoms with Crippen LogP contribution in [0, 0.1) is 6.92 Å². The quantitative estimate of drug-likeness (QED) is 0.809. The van der Waals surface area contributed by atoms with E-state index in [1.165, 1.54) is 22.4 Å². The van der Waals surface area contributed by atoms with E-state index in [4.69, 9.17) is 0 Å². The van der Waals surface area contributed by atoms with Crippen LogP contribution in [0.3, 0.4) is 0 Å². The third-order valence-corrected chi connectivity index (χ3v) is 3.49. The second-order valence-electron chi connectivity index (χ2n) is 5.36. The van der Waals surface area contributed by atoms with Gasteiger partial charge in [0.1, 0.15) is 0 Å². The minimum atomic E-state index is 0.555. The molecule has 0 spiro atoms. The molecule has 0 aliphatic carbocycles. The van der Waals surface area contributed by atoms with Crippen molar-refractivity contribution in [2.24, 2.45) is 0 Å². The Morgan fingerprint density at radius 3 is 2.37 bits per heavy atom. The maximum atomic E-state index is 3.61. The smallest absolute Gasteiger partial charge is 0.0405 e. The van der Waals surface area contributed by atoms with E-state index >= 15 is 0 Å². The van der Waals surface area contributed by atoms with E-state index < -0.39 is 0 Å². The number of hydrogen-bond acceptors (Lipinski definition) is 1. The van der Waals surface area contributed by atoms with Crippen LogP contribution >= 0.6 is 0 Å². The van der Waals surface area contributed by atoms with Gasteiger partial charge in [0, 0.05) is 12.2 Å². The van der Waals surface area contributed by atoms with E-state index in [9.17, 15) is 0 Å². The van der Waals surface area contributed by atoms with Crippen LogP contribution in [-0.2, 0) is 6.42 Å². The molecule has 0 bridgehead atoms. The van der Waals surface area contributed by atoms with Gasteiger partial charge in [-0.15, -0.1) is 0 Å². The maximum Gasteiger partial charge on any atom is 0.0405 e. The summed E-state index contributed by atoms with van der Waals surface area (Å²) >= 11 is 0. The van der Waals surface area contributed by atoms with Gasteiger partial charge in [0.05, 0.1) is 0 Å². The highest BCUT2D eigenvalue weighted by Crippen LogP contribution is 2.27. The van der Waals surface area contributed by atoms with Crippen LogP contribution in [0.4, 0.5) is 5.69 Å². The maximum absolute atomic E-state index is 3.61. The highest BCUT2D eigenvalue weighted by atomic mass is 14.9. The molecule has 2 rings (SSSR count). The van der Waals surface area contributed by atoms with Gasteiger partial charge in [-0.1, -0.05) is 62.4 Å². The van der Waals surface area contributed by atoms with Gasteiger partial charge in [0.15, 0.2) is 0 Å². The number of anilines is 1. The molecule has 100 valence electrons. The minimum absolute atomic E-state index is 0.555. The Hall–Kier alpha value is -1.76. The molecular formula is C18H23N. The molecule has 0 aromatic heterocycles. The van der Waals surface area contributed by atoms with Crippen molar-refractivity contribution in [2.45, 2.75) is 33.1 Å². The van der Waals surface area contributed by atoms with Gasteiger partial charge < -0.3 is 5.32 Å². The van der Waals surface area contributed by atoms with Crippen molar-refractivity contribution in [1.29, 1.82) is 0 Å². The average molecular weight is 253 g/mol. The molecule has 2 aromatic carbocycles. The molecule has 0 aliphatic rings.